The third-order valence-electron chi connectivity index (χ3n) is 4.05. The van der Waals surface area contributed by atoms with E-state index in [0.717, 1.165) is 11.3 Å². The average molecular weight is 471 g/mol. The molecule has 0 radical (unpaired) electrons. The molecule has 0 spiro atoms. The van der Waals surface area contributed by atoms with Crippen LogP contribution in [0, 0.1) is 0 Å². The number of hydrogen-bond acceptors (Lipinski definition) is 6. The Morgan fingerprint density at radius 1 is 0.788 bits per heavy atom. The van der Waals surface area contributed by atoms with E-state index in [1.165, 1.54) is 0 Å². The van der Waals surface area contributed by atoms with Gasteiger partial charge in [0.2, 0.25) is 0 Å². The van der Waals surface area contributed by atoms with E-state index >= 15 is 0 Å². The monoisotopic (exact) mass is 471 g/mol. The normalized spacial score (nSPS) is 11.1. The van der Waals surface area contributed by atoms with Crippen molar-refractivity contribution in [2.24, 2.45) is 0 Å². The van der Waals surface area contributed by atoms with Crippen LogP contribution in [0.5, 0.6) is 0 Å². The highest BCUT2D eigenvalue weighted by Gasteiger charge is 2.38. The van der Waals surface area contributed by atoms with E-state index < -0.39 is 24.1 Å². The molecule has 33 heavy (non-hydrogen) atoms. The number of carboxylic acid groups (broad SMARTS) is 3. The molecule has 0 bridgehead atoms. The molecule has 2 rings (SSSR count). The Morgan fingerprint density at radius 3 is 1.70 bits per heavy atom. The van der Waals surface area contributed by atoms with Crippen LogP contribution in [-0.2, 0) is 27.5 Å². The predicted octanol–water partition coefficient (Wildman–Crippen LogP) is 2.19. The molecule has 9 nitrogen and oxygen atoms in total. The summed E-state index contributed by atoms with van der Waals surface area (Å²) in [6.07, 6.45) is -3.42. The standard InChI is InChI=1S/C19H23N3O4.C2HF3O2/c23-18(24)14-21(12-16-6-2-1-3-7-16)10-11-22(15-19(25)26)13-17-8-4-5-9-20-17;3-2(4,5)1(6)7/h1-9H,10-15H2,(H,23,24)(H,25,26);(H,6,7). The summed E-state index contributed by atoms with van der Waals surface area (Å²) in [6, 6.07) is 15.1. The number of carbonyl (C=O) groups is 3. The van der Waals surface area contributed by atoms with Gasteiger partial charge in [-0.15, -0.1) is 0 Å². The van der Waals surface area contributed by atoms with E-state index in [1.807, 2.05) is 42.5 Å². The zero-order valence-corrected chi connectivity index (χ0v) is 17.5. The first-order valence-electron chi connectivity index (χ1n) is 9.59. The molecule has 180 valence electrons. The molecule has 0 aliphatic carbocycles. The summed E-state index contributed by atoms with van der Waals surface area (Å²) in [4.78, 5) is 39.0. The van der Waals surface area contributed by atoms with E-state index in [2.05, 4.69) is 4.98 Å². The Morgan fingerprint density at radius 2 is 1.27 bits per heavy atom. The first-order valence-corrected chi connectivity index (χ1v) is 9.59. The Labute approximate surface area is 187 Å². The average Bonchev–Trinajstić information content (AvgIpc) is 2.72. The number of aromatic nitrogens is 1. The highest BCUT2D eigenvalue weighted by Crippen LogP contribution is 2.13. The van der Waals surface area contributed by atoms with Gasteiger partial charge in [0.25, 0.3) is 0 Å². The summed E-state index contributed by atoms with van der Waals surface area (Å²) in [5.74, 6) is -4.59. The molecule has 12 heteroatoms. The summed E-state index contributed by atoms with van der Waals surface area (Å²) in [6.45, 7) is 1.56. The quantitative estimate of drug-likeness (QED) is 0.451. The molecule has 1 aromatic carbocycles. The van der Waals surface area contributed by atoms with Gasteiger partial charge in [0, 0.05) is 32.4 Å². The zero-order valence-electron chi connectivity index (χ0n) is 17.5. The molecule has 2 aromatic rings. The van der Waals surface area contributed by atoms with Crippen LogP contribution in [0.3, 0.4) is 0 Å². The van der Waals surface area contributed by atoms with E-state index in [4.69, 9.17) is 20.1 Å². The fourth-order valence-corrected chi connectivity index (χ4v) is 2.66. The lowest BCUT2D eigenvalue weighted by molar-refractivity contribution is -0.192. The van der Waals surface area contributed by atoms with Crippen molar-refractivity contribution in [3.63, 3.8) is 0 Å². The van der Waals surface area contributed by atoms with Crippen molar-refractivity contribution in [3.8, 4) is 0 Å². The van der Waals surface area contributed by atoms with Crippen molar-refractivity contribution in [3.05, 3.63) is 66.0 Å². The van der Waals surface area contributed by atoms with Crippen LogP contribution in [0.15, 0.2) is 54.7 Å². The smallest absolute Gasteiger partial charge is 0.480 e. The summed E-state index contributed by atoms with van der Waals surface area (Å²) in [5.41, 5.74) is 1.80. The summed E-state index contributed by atoms with van der Waals surface area (Å²) in [7, 11) is 0. The Hall–Kier alpha value is -3.51. The van der Waals surface area contributed by atoms with E-state index in [9.17, 15) is 22.8 Å². The predicted molar refractivity (Wildman–Crippen MR) is 110 cm³/mol. The lowest BCUT2D eigenvalue weighted by Gasteiger charge is -2.25. The summed E-state index contributed by atoms with van der Waals surface area (Å²) < 4.78 is 31.7. The molecular formula is C21H24F3N3O6. The number of halogens is 3. The van der Waals surface area contributed by atoms with Crippen molar-refractivity contribution in [1.29, 1.82) is 0 Å². The van der Waals surface area contributed by atoms with Crippen LogP contribution in [-0.4, -0.2) is 80.4 Å². The second-order valence-electron chi connectivity index (χ2n) is 6.82. The lowest BCUT2D eigenvalue weighted by Crippen LogP contribution is -2.39. The van der Waals surface area contributed by atoms with Gasteiger partial charge in [-0.1, -0.05) is 36.4 Å². The Bertz CT molecular complexity index is 820. The molecule has 0 aliphatic heterocycles. The second kappa shape index (κ2) is 13.8. The van der Waals surface area contributed by atoms with Crippen LogP contribution < -0.4 is 0 Å². The van der Waals surface area contributed by atoms with Crippen molar-refractivity contribution < 1.29 is 42.9 Å². The third kappa shape index (κ3) is 12.8. The van der Waals surface area contributed by atoms with Crippen LogP contribution >= 0.6 is 0 Å². The van der Waals surface area contributed by atoms with Crippen molar-refractivity contribution >= 4 is 17.9 Å². The van der Waals surface area contributed by atoms with Crippen molar-refractivity contribution in [1.82, 2.24) is 14.8 Å². The lowest BCUT2D eigenvalue weighted by atomic mass is 10.2. The largest absolute Gasteiger partial charge is 0.490 e. The van der Waals surface area contributed by atoms with Gasteiger partial charge in [0.15, 0.2) is 0 Å². The molecule has 0 aliphatic rings. The second-order valence-corrected chi connectivity index (χ2v) is 6.82. The van der Waals surface area contributed by atoms with E-state index in [0.29, 0.717) is 26.2 Å². The number of hydrogen-bond donors (Lipinski definition) is 3. The van der Waals surface area contributed by atoms with Gasteiger partial charge < -0.3 is 15.3 Å². The molecule has 0 atom stereocenters. The molecule has 0 amide bonds. The van der Waals surface area contributed by atoms with Crippen molar-refractivity contribution in [2.45, 2.75) is 19.3 Å². The third-order valence-corrected chi connectivity index (χ3v) is 4.05. The van der Waals surface area contributed by atoms with Gasteiger partial charge in [-0.3, -0.25) is 24.4 Å². The fourth-order valence-electron chi connectivity index (χ4n) is 2.66. The fraction of sp³-hybridized carbons (Fsp3) is 0.333. The SMILES string of the molecule is O=C(O)C(F)(F)F.O=C(O)CN(CCN(CC(=O)O)Cc1ccccn1)Cc1ccccc1. The summed E-state index contributed by atoms with van der Waals surface area (Å²) >= 11 is 0. The van der Waals surface area contributed by atoms with Crippen LogP contribution in [0.1, 0.15) is 11.3 Å². The van der Waals surface area contributed by atoms with Gasteiger partial charge in [-0.05, 0) is 17.7 Å². The topological polar surface area (TPSA) is 131 Å². The molecule has 0 unspecified atom stereocenters. The Balaban J connectivity index is 0.000000675. The summed E-state index contributed by atoms with van der Waals surface area (Å²) in [5, 5.41) is 25.4. The van der Waals surface area contributed by atoms with Crippen LogP contribution in [0.4, 0.5) is 13.2 Å². The number of benzene rings is 1. The minimum absolute atomic E-state index is 0.0978. The van der Waals surface area contributed by atoms with Gasteiger partial charge in [0.05, 0.1) is 18.8 Å². The maximum atomic E-state index is 11.2. The van der Waals surface area contributed by atoms with Gasteiger partial charge in [-0.25, -0.2) is 4.79 Å². The highest BCUT2D eigenvalue weighted by atomic mass is 19.4. The molecule has 0 saturated carbocycles. The number of aliphatic carboxylic acids is 3. The minimum atomic E-state index is -5.08. The first kappa shape index (κ1) is 27.5. The highest BCUT2D eigenvalue weighted by molar-refractivity contribution is 5.73. The number of carboxylic acids is 3. The van der Waals surface area contributed by atoms with Gasteiger partial charge in [-0.2, -0.15) is 13.2 Å². The zero-order chi connectivity index (χ0) is 24.9. The minimum Gasteiger partial charge on any atom is -0.480 e. The first-order chi connectivity index (χ1) is 15.5. The van der Waals surface area contributed by atoms with E-state index in [-0.39, 0.29) is 13.1 Å². The van der Waals surface area contributed by atoms with Crippen LogP contribution in [0.25, 0.3) is 0 Å². The number of rotatable bonds is 11. The van der Waals surface area contributed by atoms with Gasteiger partial charge >= 0.3 is 24.1 Å². The number of pyridine rings is 1. The maximum absolute atomic E-state index is 11.2. The molecule has 0 fully saturated rings. The van der Waals surface area contributed by atoms with E-state index in [1.54, 1.807) is 22.1 Å². The number of alkyl halides is 3. The molecule has 3 N–H and O–H groups in total. The molecular weight excluding hydrogens is 447 g/mol. The molecule has 0 saturated heterocycles. The van der Waals surface area contributed by atoms with Crippen molar-refractivity contribution in [2.75, 3.05) is 26.2 Å². The van der Waals surface area contributed by atoms with Crippen LogP contribution in [0.2, 0.25) is 0 Å². The van der Waals surface area contributed by atoms with Gasteiger partial charge in [0.1, 0.15) is 0 Å². The molecule has 1 heterocycles. The molecule has 1 aromatic heterocycles. The maximum Gasteiger partial charge on any atom is 0.490 e. The number of nitrogens with zero attached hydrogens (tertiary/aromatic N) is 3. The Kier molecular flexibility index (Phi) is 11.5.